The van der Waals surface area contributed by atoms with Gasteiger partial charge in [-0.05, 0) is 55.0 Å². The van der Waals surface area contributed by atoms with Crippen LogP contribution in [-0.2, 0) is 0 Å². The van der Waals surface area contributed by atoms with Gasteiger partial charge in [-0.25, -0.2) is 13.9 Å². The van der Waals surface area contributed by atoms with E-state index in [1.807, 2.05) is 55.5 Å². The number of aromatic nitrogens is 2. The number of hydrogen-bond acceptors (Lipinski definition) is 3. The molecule has 4 aromatic rings. The van der Waals surface area contributed by atoms with Gasteiger partial charge in [-0.2, -0.15) is 5.10 Å². The Morgan fingerprint density at radius 2 is 1.81 bits per heavy atom. The second kappa shape index (κ2) is 8.47. The highest BCUT2D eigenvalue weighted by Gasteiger charge is 2.27. The molecule has 1 heterocycles. The first kappa shape index (κ1) is 20.4. The van der Waals surface area contributed by atoms with E-state index in [1.54, 1.807) is 23.0 Å². The topological polar surface area (TPSA) is 67.6 Å². The normalized spacial score (nSPS) is 13.0. The van der Waals surface area contributed by atoms with Crippen molar-refractivity contribution in [3.8, 4) is 11.4 Å². The zero-order valence-electron chi connectivity index (χ0n) is 17.1. The Balaban J connectivity index is 1.66. The van der Waals surface area contributed by atoms with E-state index < -0.39 is 18.2 Å². The molecule has 3 aromatic carbocycles. The van der Waals surface area contributed by atoms with Crippen molar-refractivity contribution in [2.24, 2.45) is 0 Å². The van der Waals surface area contributed by atoms with Crippen LogP contribution < -0.4 is 4.74 Å². The number of rotatable bonds is 6. The van der Waals surface area contributed by atoms with E-state index in [0.717, 1.165) is 22.2 Å². The molecule has 158 valence electrons. The third-order valence-corrected chi connectivity index (χ3v) is 5.35. The van der Waals surface area contributed by atoms with E-state index in [1.165, 1.54) is 24.1 Å². The fourth-order valence-electron chi connectivity index (χ4n) is 3.48. The van der Waals surface area contributed by atoms with Crippen molar-refractivity contribution in [1.82, 2.24) is 14.7 Å². The smallest absolute Gasteiger partial charge is 0.407 e. The van der Waals surface area contributed by atoms with Crippen molar-refractivity contribution >= 4 is 17.0 Å². The zero-order chi connectivity index (χ0) is 22.0. The molecule has 0 aliphatic rings. The van der Waals surface area contributed by atoms with Gasteiger partial charge in [0, 0.05) is 12.4 Å². The Morgan fingerprint density at radius 1 is 1.10 bits per heavy atom. The Morgan fingerprint density at radius 3 is 2.48 bits per heavy atom. The number of amides is 1. The van der Waals surface area contributed by atoms with Crippen molar-refractivity contribution in [3.05, 3.63) is 90.4 Å². The van der Waals surface area contributed by atoms with Gasteiger partial charge in [0.25, 0.3) is 0 Å². The third kappa shape index (κ3) is 4.21. The van der Waals surface area contributed by atoms with Crippen LogP contribution in [-0.4, -0.2) is 39.0 Å². The molecule has 2 atom stereocenters. The summed E-state index contributed by atoms with van der Waals surface area (Å²) in [6.45, 7) is 1.82. The average molecular weight is 419 g/mol. The molecule has 0 aliphatic heterocycles. The molecule has 1 N–H and O–H groups in total. The summed E-state index contributed by atoms with van der Waals surface area (Å²) in [5, 5.41) is 14.7. The molecule has 0 spiro atoms. The first-order valence-corrected chi connectivity index (χ1v) is 9.85. The first-order chi connectivity index (χ1) is 14.9. The van der Waals surface area contributed by atoms with Gasteiger partial charge in [-0.3, -0.25) is 0 Å². The molecular formula is C24H22FN3O3. The maximum Gasteiger partial charge on any atom is 0.407 e. The second-order valence-corrected chi connectivity index (χ2v) is 7.34. The maximum atomic E-state index is 13.2. The van der Waals surface area contributed by atoms with E-state index in [9.17, 15) is 14.3 Å². The molecule has 0 bridgehead atoms. The van der Waals surface area contributed by atoms with Gasteiger partial charge in [0.15, 0.2) is 0 Å². The van der Waals surface area contributed by atoms with Gasteiger partial charge in [0.1, 0.15) is 17.7 Å². The fraction of sp³-hybridized carbons (Fsp3) is 0.167. The summed E-state index contributed by atoms with van der Waals surface area (Å²) in [5.74, 6) is 0.300. The van der Waals surface area contributed by atoms with E-state index in [0.29, 0.717) is 5.75 Å². The highest BCUT2D eigenvalue weighted by molar-refractivity contribution is 5.81. The van der Waals surface area contributed by atoms with Gasteiger partial charge in [0.05, 0.1) is 23.4 Å². The number of carboxylic acid groups (broad SMARTS) is 1. The number of likely N-dealkylation sites (N-methyl/N-ethyl adjacent to an activating group) is 1. The number of hydrogen-bond donors (Lipinski definition) is 1. The van der Waals surface area contributed by atoms with Crippen molar-refractivity contribution in [2.45, 2.75) is 19.1 Å². The average Bonchev–Trinajstić information content (AvgIpc) is 3.21. The van der Waals surface area contributed by atoms with Crippen molar-refractivity contribution in [2.75, 3.05) is 7.05 Å². The molecule has 0 aliphatic carbocycles. The lowest BCUT2D eigenvalue weighted by atomic mass is 10.0. The Kier molecular flexibility index (Phi) is 5.58. The van der Waals surface area contributed by atoms with Gasteiger partial charge in [-0.1, -0.05) is 30.3 Å². The minimum Gasteiger partial charge on any atom is -0.484 e. The lowest BCUT2D eigenvalue weighted by molar-refractivity contribution is 0.0822. The predicted octanol–water partition coefficient (Wildman–Crippen LogP) is 5.28. The molecule has 0 saturated heterocycles. The van der Waals surface area contributed by atoms with Crippen LogP contribution >= 0.6 is 0 Å². The van der Waals surface area contributed by atoms with Gasteiger partial charge in [0.2, 0.25) is 0 Å². The first-order valence-electron chi connectivity index (χ1n) is 9.85. The molecule has 0 saturated carbocycles. The molecule has 1 aromatic heterocycles. The third-order valence-electron chi connectivity index (χ3n) is 5.35. The number of carbonyl (C=O) groups is 1. The molecular weight excluding hydrogens is 397 g/mol. The summed E-state index contributed by atoms with van der Waals surface area (Å²) in [4.78, 5) is 12.7. The molecule has 7 heteroatoms. The van der Waals surface area contributed by atoms with Gasteiger partial charge >= 0.3 is 6.09 Å². The minimum atomic E-state index is -1.02. The van der Waals surface area contributed by atoms with Crippen LogP contribution in [0.25, 0.3) is 16.6 Å². The summed E-state index contributed by atoms with van der Waals surface area (Å²) in [7, 11) is 1.53. The Labute approximate surface area is 179 Å². The van der Waals surface area contributed by atoms with Crippen LogP contribution in [0.2, 0.25) is 0 Å². The number of ether oxygens (including phenoxy) is 1. The summed E-state index contributed by atoms with van der Waals surface area (Å²) in [5.41, 5.74) is 2.49. The predicted molar refractivity (Wildman–Crippen MR) is 116 cm³/mol. The summed E-state index contributed by atoms with van der Waals surface area (Å²) in [6.07, 6.45) is 0.204. The maximum absolute atomic E-state index is 13.2. The fourth-order valence-corrected chi connectivity index (χ4v) is 3.48. The second-order valence-electron chi connectivity index (χ2n) is 7.34. The van der Waals surface area contributed by atoms with E-state index in [-0.39, 0.29) is 5.82 Å². The monoisotopic (exact) mass is 419 g/mol. The van der Waals surface area contributed by atoms with Crippen LogP contribution in [0.4, 0.5) is 9.18 Å². The summed E-state index contributed by atoms with van der Waals surface area (Å²) in [6, 6.07) is 20.8. The molecule has 0 radical (unpaired) electrons. The molecule has 6 nitrogen and oxygen atoms in total. The van der Waals surface area contributed by atoms with Gasteiger partial charge < -0.3 is 14.7 Å². The minimum absolute atomic E-state index is 0.302. The quantitative estimate of drug-likeness (QED) is 0.462. The van der Waals surface area contributed by atoms with E-state index >= 15 is 0 Å². The van der Waals surface area contributed by atoms with Crippen molar-refractivity contribution in [3.63, 3.8) is 0 Å². The Hall–Kier alpha value is -3.87. The van der Waals surface area contributed by atoms with Crippen LogP contribution in [0.1, 0.15) is 18.6 Å². The molecule has 1 amide bonds. The van der Waals surface area contributed by atoms with Gasteiger partial charge in [-0.15, -0.1) is 0 Å². The SMILES string of the molecule is C[C@@H]([C@H](Oc1ccc2c(cnn2-c2ccc(F)cc2)c1)c1ccccc1)N(C)C(=O)O. The number of benzene rings is 3. The standard InChI is InChI=1S/C24H22FN3O3/c1-16(27(2)24(29)30)23(17-6-4-3-5-7-17)31-21-12-13-22-18(14-21)15-26-28(22)20-10-8-19(25)9-11-20/h3-16,23H,1-2H3,(H,29,30)/t16-,23-/m0/s1. The Bertz CT molecular complexity index is 1190. The van der Waals surface area contributed by atoms with Crippen molar-refractivity contribution < 1.29 is 19.0 Å². The highest BCUT2D eigenvalue weighted by atomic mass is 19.1. The van der Waals surface area contributed by atoms with E-state index in [4.69, 9.17) is 4.74 Å². The van der Waals surface area contributed by atoms with Crippen LogP contribution in [0.3, 0.4) is 0 Å². The lowest BCUT2D eigenvalue weighted by Crippen LogP contribution is -2.40. The van der Waals surface area contributed by atoms with Crippen LogP contribution in [0.5, 0.6) is 5.75 Å². The molecule has 4 rings (SSSR count). The lowest BCUT2D eigenvalue weighted by Gasteiger charge is -2.31. The largest absolute Gasteiger partial charge is 0.484 e. The van der Waals surface area contributed by atoms with Crippen LogP contribution in [0.15, 0.2) is 79.0 Å². The number of nitrogens with zero attached hydrogens (tertiary/aromatic N) is 3. The number of halogens is 1. The molecule has 0 fully saturated rings. The number of fused-ring (bicyclic) bond motifs is 1. The molecule has 0 unspecified atom stereocenters. The molecule has 31 heavy (non-hydrogen) atoms. The van der Waals surface area contributed by atoms with Crippen LogP contribution in [0, 0.1) is 5.82 Å². The summed E-state index contributed by atoms with van der Waals surface area (Å²) < 4.78 is 21.3. The zero-order valence-corrected chi connectivity index (χ0v) is 17.1. The van der Waals surface area contributed by atoms with Crippen molar-refractivity contribution in [1.29, 1.82) is 0 Å². The summed E-state index contributed by atoms with van der Waals surface area (Å²) >= 11 is 0. The van der Waals surface area contributed by atoms with E-state index in [2.05, 4.69) is 5.10 Å². The highest BCUT2D eigenvalue weighted by Crippen LogP contribution is 2.30.